The molecule has 29 heavy (non-hydrogen) atoms. The minimum Gasteiger partial charge on any atom is -0.323 e. The van der Waals surface area contributed by atoms with Gasteiger partial charge in [-0.3, -0.25) is 9.49 Å². The van der Waals surface area contributed by atoms with Crippen LogP contribution in [0.5, 0.6) is 0 Å². The Balaban J connectivity index is 1.45. The molecular formula is C20H24F3N5O. The number of rotatable bonds is 4. The second kappa shape index (κ2) is 8.42. The first kappa shape index (κ1) is 19.7. The molecular weight excluding hydrogens is 383 g/mol. The fourth-order valence-corrected chi connectivity index (χ4v) is 4.29. The predicted molar refractivity (Wildman–Crippen MR) is 101 cm³/mol. The van der Waals surface area contributed by atoms with Gasteiger partial charge in [0.15, 0.2) is 5.82 Å². The van der Waals surface area contributed by atoms with Crippen molar-refractivity contribution in [2.45, 2.75) is 43.9 Å². The van der Waals surface area contributed by atoms with Gasteiger partial charge in [-0.25, -0.2) is 18.6 Å². The van der Waals surface area contributed by atoms with Gasteiger partial charge in [-0.05, 0) is 25.0 Å². The topological polar surface area (TPSA) is 73.9 Å². The molecule has 2 N–H and O–H groups in total. The lowest BCUT2D eigenvalue weighted by molar-refractivity contribution is 0.219. The van der Waals surface area contributed by atoms with E-state index in [4.69, 9.17) is 0 Å². The molecule has 1 aromatic carbocycles. The van der Waals surface area contributed by atoms with Crippen molar-refractivity contribution < 1.29 is 18.0 Å². The van der Waals surface area contributed by atoms with Crippen LogP contribution in [0, 0.1) is 17.6 Å². The first-order valence-corrected chi connectivity index (χ1v) is 10.0. The Morgan fingerprint density at radius 1 is 1.21 bits per heavy atom. The minimum absolute atomic E-state index is 0.170. The molecule has 9 heteroatoms. The van der Waals surface area contributed by atoms with Crippen LogP contribution in [0.2, 0.25) is 0 Å². The number of hydrogen-bond acceptors (Lipinski definition) is 3. The van der Waals surface area contributed by atoms with Gasteiger partial charge in [0, 0.05) is 36.9 Å². The minimum atomic E-state index is -0.732. The molecule has 1 aromatic heterocycles. The van der Waals surface area contributed by atoms with Gasteiger partial charge in [-0.15, -0.1) is 0 Å². The molecule has 2 aliphatic rings. The summed E-state index contributed by atoms with van der Waals surface area (Å²) in [5, 5.41) is 9.65. The molecule has 0 radical (unpaired) electrons. The SMILES string of the molecule is O=C(Nc1cc(F)ccc1F)N1CC(CF)C(c2nc(C3CCCCC3)n[nH]2)C1. The highest BCUT2D eigenvalue weighted by Crippen LogP contribution is 2.34. The van der Waals surface area contributed by atoms with Crippen molar-refractivity contribution >= 4 is 11.7 Å². The van der Waals surface area contributed by atoms with E-state index >= 15 is 0 Å². The number of likely N-dealkylation sites (tertiary alicyclic amines) is 1. The number of aromatic amines is 1. The maximum atomic E-state index is 13.8. The number of nitrogens with zero attached hydrogens (tertiary/aromatic N) is 3. The van der Waals surface area contributed by atoms with Gasteiger partial charge in [0.25, 0.3) is 0 Å². The number of carbonyl (C=O) groups excluding carboxylic acids is 1. The number of amides is 2. The molecule has 2 unspecified atom stereocenters. The third kappa shape index (κ3) is 4.23. The first-order chi connectivity index (χ1) is 14.0. The summed E-state index contributed by atoms with van der Waals surface area (Å²) in [7, 11) is 0. The molecule has 6 nitrogen and oxygen atoms in total. The number of anilines is 1. The molecule has 2 aromatic rings. The standard InChI is InChI=1S/C20H24F3N5O/c21-9-13-10-28(20(29)24-17-8-14(22)6-7-16(17)23)11-15(13)19-25-18(26-27-19)12-4-2-1-3-5-12/h6-8,12-13,15H,1-5,9-11H2,(H,24,29)(H,25,26,27). The highest BCUT2D eigenvalue weighted by Gasteiger charge is 2.38. The van der Waals surface area contributed by atoms with Crippen LogP contribution in [0.3, 0.4) is 0 Å². The van der Waals surface area contributed by atoms with E-state index in [1.165, 1.54) is 11.3 Å². The van der Waals surface area contributed by atoms with E-state index in [1.54, 1.807) is 0 Å². The van der Waals surface area contributed by atoms with Crippen molar-refractivity contribution in [2.75, 3.05) is 25.1 Å². The molecule has 2 amide bonds. The zero-order valence-electron chi connectivity index (χ0n) is 16.0. The summed E-state index contributed by atoms with van der Waals surface area (Å²) in [6.45, 7) is -0.206. The summed E-state index contributed by atoms with van der Waals surface area (Å²) in [5.74, 6) is -0.445. The summed E-state index contributed by atoms with van der Waals surface area (Å²) in [6.07, 6.45) is 5.67. The Morgan fingerprint density at radius 3 is 2.76 bits per heavy atom. The van der Waals surface area contributed by atoms with Crippen LogP contribution in [0.4, 0.5) is 23.7 Å². The van der Waals surface area contributed by atoms with E-state index in [-0.39, 0.29) is 24.7 Å². The smallest absolute Gasteiger partial charge is 0.321 e. The van der Waals surface area contributed by atoms with E-state index in [0.29, 0.717) is 11.7 Å². The maximum absolute atomic E-state index is 13.8. The molecule has 1 aliphatic heterocycles. The van der Waals surface area contributed by atoms with Crippen LogP contribution in [0.15, 0.2) is 18.2 Å². The van der Waals surface area contributed by atoms with Gasteiger partial charge in [-0.1, -0.05) is 19.3 Å². The Kier molecular flexibility index (Phi) is 5.73. The molecule has 1 aliphatic carbocycles. The Hall–Kier alpha value is -2.58. The number of hydrogen-bond donors (Lipinski definition) is 2. The van der Waals surface area contributed by atoms with Crippen molar-refractivity contribution in [1.82, 2.24) is 20.1 Å². The van der Waals surface area contributed by atoms with E-state index in [9.17, 15) is 18.0 Å². The number of H-pyrrole nitrogens is 1. The molecule has 2 atom stereocenters. The summed E-state index contributed by atoms with van der Waals surface area (Å²) < 4.78 is 40.8. The average molecular weight is 407 g/mol. The van der Waals surface area contributed by atoms with E-state index in [1.807, 2.05) is 0 Å². The van der Waals surface area contributed by atoms with Crippen LogP contribution in [0.25, 0.3) is 0 Å². The fraction of sp³-hybridized carbons (Fsp3) is 0.550. The highest BCUT2D eigenvalue weighted by molar-refractivity contribution is 5.89. The molecule has 156 valence electrons. The molecule has 0 spiro atoms. The van der Waals surface area contributed by atoms with Gasteiger partial charge < -0.3 is 10.2 Å². The summed E-state index contributed by atoms with van der Waals surface area (Å²) in [5.41, 5.74) is -0.241. The third-order valence-electron chi connectivity index (χ3n) is 5.94. The highest BCUT2D eigenvalue weighted by atomic mass is 19.1. The van der Waals surface area contributed by atoms with Gasteiger partial charge >= 0.3 is 6.03 Å². The average Bonchev–Trinajstić information content (AvgIpc) is 3.38. The van der Waals surface area contributed by atoms with Crippen LogP contribution in [-0.2, 0) is 0 Å². The molecule has 0 bridgehead atoms. The van der Waals surface area contributed by atoms with E-state index in [0.717, 1.165) is 49.7 Å². The lowest BCUT2D eigenvalue weighted by atomic mass is 9.89. The number of benzene rings is 1. The zero-order valence-corrected chi connectivity index (χ0v) is 16.0. The van der Waals surface area contributed by atoms with Crippen molar-refractivity contribution in [2.24, 2.45) is 5.92 Å². The second-order valence-corrected chi connectivity index (χ2v) is 7.89. The number of alkyl halides is 1. The fourth-order valence-electron chi connectivity index (χ4n) is 4.29. The van der Waals surface area contributed by atoms with Crippen molar-refractivity contribution in [3.05, 3.63) is 41.5 Å². The summed E-state index contributed by atoms with van der Waals surface area (Å²) >= 11 is 0. The monoisotopic (exact) mass is 407 g/mol. The van der Waals surface area contributed by atoms with Crippen LogP contribution in [-0.4, -0.2) is 45.9 Å². The van der Waals surface area contributed by atoms with Gasteiger partial charge in [0.2, 0.25) is 0 Å². The van der Waals surface area contributed by atoms with Crippen LogP contribution >= 0.6 is 0 Å². The van der Waals surface area contributed by atoms with Gasteiger partial charge in [0.1, 0.15) is 17.5 Å². The number of carbonyl (C=O) groups is 1. The second-order valence-electron chi connectivity index (χ2n) is 7.89. The van der Waals surface area contributed by atoms with Crippen LogP contribution in [0.1, 0.15) is 55.6 Å². The Labute approximate surface area is 166 Å². The number of nitrogens with one attached hydrogen (secondary N) is 2. The maximum Gasteiger partial charge on any atom is 0.321 e. The number of aromatic nitrogens is 3. The molecule has 1 saturated heterocycles. The zero-order chi connectivity index (χ0) is 20.4. The lowest BCUT2D eigenvalue weighted by Crippen LogP contribution is -2.33. The molecule has 2 heterocycles. The van der Waals surface area contributed by atoms with Crippen LogP contribution < -0.4 is 5.32 Å². The molecule has 1 saturated carbocycles. The van der Waals surface area contributed by atoms with Crippen molar-refractivity contribution in [1.29, 1.82) is 0 Å². The molecule has 4 rings (SSSR count). The summed E-state index contributed by atoms with van der Waals surface area (Å²) in [6, 6.07) is 2.25. The lowest BCUT2D eigenvalue weighted by Gasteiger charge is -2.18. The van der Waals surface area contributed by atoms with Gasteiger partial charge in [-0.2, -0.15) is 5.10 Å². The quantitative estimate of drug-likeness (QED) is 0.792. The first-order valence-electron chi connectivity index (χ1n) is 10.0. The number of urea groups is 1. The number of halogens is 3. The predicted octanol–water partition coefficient (Wildman–Crippen LogP) is 4.35. The normalized spacial score (nSPS) is 22.8. The van der Waals surface area contributed by atoms with Crippen molar-refractivity contribution in [3.8, 4) is 0 Å². The molecule has 2 fully saturated rings. The third-order valence-corrected chi connectivity index (χ3v) is 5.94. The van der Waals surface area contributed by atoms with E-state index in [2.05, 4.69) is 20.5 Å². The summed E-state index contributed by atoms with van der Waals surface area (Å²) in [4.78, 5) is 18.5. The Bertz CT molecular complexity index is 868. The Morgan fingerprint density at radius 2 is 2.00 bits per heavy atom. The van der Waals surface area contributed by atoms with Gasteiger partial charge in [0.05, 0.1) is 12.4 Å². The largest absolute Gasteiger partial charge is 0.323 e. The van der Waals surface area contributed by atoms with E-state index < -0.39 is 30.3 Å². The van der Waals surface area contributed by atoms with Crippen molar-refractivity contribution in [3.63, 3.8) is 0 Å².